The van der Waals surface area contributed by atoms with E-state index in [0.717, 1.165) is 17.4 Å². The fourth-order valence-electron chi connectivity index (χ4n) is 2.22. The molecule has 3 rings (SSSR count). The summed E-state index contributed by atoms with van der Waals surface area (Å²) in [6.07, 6.45) is 3.76. The van der Waals surface area contributed by atoms with Crippen molar-refractivity contribution in [2.75, 3.05) is 10.6 Å². The van der Waals surface area contributed by atoms with E-state index in [1.165, 1.54) is 0 Å². The van der Waals surface area contributed by atoms with Crippen molar-refractivity contribution in [1.82, 2.24) is 15.2 Å². The van der Waals surface area contributed by atoms with Gasteiger partial charge in [0.2, 0.25) is 0 Å². The zero-order chi connectivity index (χ0) is 20.3. The third-order valence-corrected chi connectivity index (χ3v) is 3.72. The number of hydrogen-bond acceptors (Lipinski definition) is 6. The molecule has 28 heavy (non-hydrogen) atoms. The van der Waals surface area contributed by atoms with Crippen molar-refractivity contribution in [3.63, 3.8) is 0 Å². The summed E-state index contributed by atoms with van der Waals surface area (Å²) in [5.74, 6) is -0.549. The molecule has 0 saturated carbocycles. The molecule has 0 atom stereocenters. The van der Waals surface area contributed by atoms with Crippen LogP contribution in [0.4, 0.5) is 16.5 Å². The molecular weight excluding hydrogens is 386 g/mol. The fraction of sp³-hybridized carbons (Fsp3) is 0.222. The van der Waals surface area contributed by atoms with Crippen LogP contribution in [0, 0.1) is 0 Å². The van der Waals surface area contributed by atoms with Gasteiger partial charge in [0.25, 0.3) is 5.91 Å². The van der Waals surface area contributed by atoms with Crippen molar-refractivity contribution >= 4 is 35.3 Å². The Morgan fingerprint density at radius 3 is 2.68 bits per heavy atom. The molecule has 0 saturated heterocycles. The number of aromatic amines is 1. The number of rotatable bonds is 4. The molecule has 0 unspecified atom stereocenters. The monoisotopic (exact) mass is 403 g/mol. The van der Waals surface area contributed by atoms with Crippen LogP contribution in [0.2, 0.25) is 5.02 Å². The minimum atomic E-state index is -0.739. The summed E-state index contributed by atoms with van der Waals surface area (Å²) in [6.45, 7) is 5.17. The van der Waals surface area contributed by atoms with Gasteiger partial charge in [0.05, 0.1) is 16.9 Å². The number of oxazole rings is 1. The number of halogens is 1. The van der Waals surface area contributed by atoms with Crippen LogP contribution in [0.15, 0.2) is 41.3 Å². The van der Waals surface area contributed by atoms with Gasteiger partial charge in [-0.1, -0.05) is 17.7 Å². The standard InChI is InChI=1S/C18H18ClN5O4/c1-18(2,3)28-17(26)24-16-23-14(9-27-16)15(25)22-13-6-10(4-5-12(13)19)11-7-20-21-8-11/h4-9H,1-3H3,(H,20,21)(H,22,25)(H,23,24,26). The minimum Gasteiger partial charge on any atom is -0.443 e. The average molecular weight is 404 g/mol. The van der Waals surface area contributed by atoms with E-state index in [0.29, 0.717) is 10.7 Å². The third kappa shape index (κ3) is 4.89. The van der Waals surface area contributed by atoms with E-state index in [1.54, 1.807) is 45.3 Å². The number of hydrogen-bond donors (Lipinski definition) is 3. The number of aromatic nitrogens is 3. The number of amides is 2. The van der Waals surface area contributed by atoms with Crippen LogP contribution in [-0.2, 0) is 4.74 Å². The van der Waals surface area contributed by atoms with E-state index in [-0.39, 0.29) is 11.7 Å². The van der Waals surface area contributed by atoms with Crippen LogP contribution in [0.25, 0.3) is 11.1 Å². The molecule has 146 valence electrons. The molecule has 1 aromatic carbocycles. The number of H-pyrrole nitrogens is 1. The molecule has 0 fully saturated rings. The second-order valence-corrected chi connectivity index (χ2v) is 7.21. The molecule has 9 nitrogen and oxygen atoms in total. The van der Waals surface area contributed by atoms with Gasteiger partial charge in [-0.05, 0) is 38.5 Å². The van der Waals surface area contributed by atoms with Crippen molar-refractivity contribution in [2.24, 2.45) is 0 Å². The molecule has 2 aromatic heterocycles. The zero-order valence-corrected chi connectivity index (χ0v) is 16.1. The van der Waals surface area contributed by atoms with Crippen molar-refractivity contribution in [3.8, 4) is 11.1 Å². The van der Waals surface area contributed by atoms with Crippen molar-refractivity contribution < 1.29 is 18.7 Å². The van der Waals surface area contributed by atoms with Gasteiger partial charge in [0, 0.05) is 11.8 Å². The Balaban J connectivity index is 1.70. The predicted octanol–water partition coefficient (Wildman–Crippen LogP) is 4.32. The van der Waals surface area contributed by atoms with Gasteiger partial charge in [-0.2, -0.15) is 10.1 Å². The lowest BCUT2D eigenvalue weighted by atomic mass is 10.1. The van der Waals surface area contributed by atoms with Gasteiger partial charge >= 0.3 is 12.1 Å². The highest BCUT2D eigenvalue weighted by molar-refractivity contribution is 6.34. The maximum atomic E-state index is 12.4. The lowest BCUT2D eigenvalue weighted by Crippen LogP contribution is -2.27. The smallest absolute Gasteiger partial charge is 0.415 e. The quantitative estimate of drug-likeness (QED) is 0.596. The number of benzene rings is 1. The Morgan fingerprint density at radius 2 is 2.00 bits per heavy atom. The molecular formula is C18H18ClN5O4. The normalized spacial score (nSPS) is 11.1. The molecule has 3 N–H and O–H groups in total. The summed E-state index contributed by atoms with van der Waals surface area (Å²) < 4.78 is 10.2. The highest BCUT2D eigenvalue weighted by atomic mass is 35.5. The predicted molar refractivity (Wildman–Crippen MR) is 103 cm³/mol. The van der Waals surface area contributed by atoms with Crippen LogP contribution in [0.3, 0.4) is 0 Å². The van der Waals surface area contributed by atoms with Gasteiger partial charge in [-0.15, -0.1) is 0 Å². The maximum Gasteiger partial charge on any atom is 0.415 e. The van der Waals surface area contributed by atoms with E-state index in [2.05, 4.69) is 25.8 Å². The Kier molecular flexibility index (Phi) is 5.36. The Morgan fingerprint density at radius 1 is 1.21 bits per heavy atom. The summed E-state index contributed by atoms with van der Waals surface area (Å²) in [5, 5.41) is 12.0. The van der Waals surface area contributed by atoms with Crippen molar-refractivity contribution in [3.05, 3.63) is 47.6 Å². The molecule has 0 spiro atoms. The van der Waals surface area contributed by atoms with Gasteiger partial charge in [0.15, 0.2) is 5.69 Å². The number of carbonyl (C=O) groups is 2. The van der Waals surface area contributed by atoms with Crippen molar-refractivity contribution in [2.45, 2.75) is 26.4 Å². The van der Waals surface area contributed by atoms with Gasteiger partial charge in [-0.25, -0.2) is 10.1 Å². The Bertz CT molecular complexity index is 992. The van der Waals surface area contributed by atoms with E-state index in [4.69, 9.17) is 20.8 Å². The van der Waals surface area contributed by atoms with Crippen LogP contribution in [0.5, 0.6) is 0 Å². The summed E-state index contributed by atoms with van der Waals surface area (Å²) in [4.78, 5) is 28.1. The van der Waals surface area contributed by atoms with Crippen LogP contribution in [-0.4, -0.2) is 32.8 Å². The molecule has 0 aliphatic heterocycles. The summed E-state index contributed by atoms with van der Waals surface area (Å²) in [5.41, 5.74) is 1.36. The number of anilines is 2. The average Bonchev–Trinajstić information content (AvgIpc) is 3.26. The van der Waals surface area contributed by atoms with Crippen LogP contribution in [0.1, 0.15) is 31.3 Å². The number of ether oxygens (including phenoxy) is 1. The molecule has 10 heteroatoms. The first-order valence-electron chi connectivity index (χ1n) is 8.27. The first-order valence-corrected chi connectivity index (χ1v) is 8.65. The van der Waals surface area contributed by atoms with E-state index >= 15 is 0 Å². The summed E-state index contributed by atoms with van der Waals surface area (Å²) in [7, 11) is 0. The molecule has 3 aromatic rings. The number of nitrogens with zero attached hydrogens (tertiary/aromatic N) is 2. The van der Waals surface area contributed by atoms with E-state index < -0.39 is 17.6 Å². The van der Waals surface area contributed by atoms with Gasteiger partial charge in [-0.3, -0.25) is 9.89 Å². The SMILES string of the molecule is CC(C)(C)OC(=O)Nc1nc(C(=O)Nc2cc(-c3cn[nH]c3)ccc2Cl)co1. The summed E-state index contributed by atoms with van der Waals surface area (Å²) >= 11 is 6.17. The fourth-order valence-corrected chi connectivity index (χ4v) is 2.39. The lowest BCUT2D eigenvalue weighted by molar-refractivity contribution is 0.0631. The third-order valence-electron chi connectivity index (χ3n) is 3.39. The largest absolute Gasteiger partial charge is 0.443 e. The van der Waals surface area contributed by atoms with E-state index in [9.17, 15) is 9.59 Å². The van der Waals surface area contributed by atoms with Gasteiger partial charge < -0.3 is 14.5 Å². The maximum absolute atomic E-state index is 12.4. The van der Waals surface area contributed by atoms with E-state index in [1.807, 2.05) is 6.07 Å². The summed E-state index contributed by atoms with van der Waals surface area (Å²) in [6, 6.07) is 5.03. The Labute approximate surface area is 165 Å². The molecule has 0 bridgehead atoms. The van der Waals surface area contributed by atoms with Crippen LogP contribution < -0.4 is 10.6 Å². The molecule has 0 aliphatic carbocycles. The molecule has 2 amide bonds. The second kappa shape index (κ2) is 7.73. The van der Waals surface area contributed by atoms with Crippen LogP contribution >= 0.6 is 11.6 Å². The second-order valence-electron chi connectivity index (χ2n) is 6.80. The highest BCUT2D eigenvalue weighted by Crippen LogP contribution is 2.28. The first kappa shape index (κ1) is 19.4. The molecule has 0 radical (unpaired) electrons. The molecule has 0 aliphatic rings. The number of carbonyl (C=O) groups excluding carboxylic acids is 2. The van der Waals surface area contributed by atoms with Gasteiger partial charge in [0.1, 0.15) is 11.9 Å². The first-order chi connectivity index (χ1) is 13.2. The zero-order valence-electron chi connectivity index (χ0n) is 15.4. The van der Waals surface area contributed by atoms with Crippen molar-refractivity contribution in [1.29, 1.82) is 0 Å². The Hall–Kier alpha value is -3.33. The minimum absolute atomic E-state index is 0.0316. The topological polar surface area (TPSA) is 122 Å². The highest BCUT2D eigenvalue weighted by Gasteiger charge is 2.20. The number of nitrogens with one attached hydrogen (secondary N) is 3. The lowest BCUT2D eigenvalue weighted by Gasteiger charge is -2.18. The molecule has 2 heterocycles.